The lowest BCUT2D eigenvalue weighted by atomic mass is 10.2. The average Bonchev–Trinajstić information content (AvgIpc) is 2.85. The van der Waals surface area contributed by atoms with Crippen molar-refractivity contribution in [3.63, 3.8) is 0 Å². The van der Waals surface area contributed by atoms with E-state index in [0.29, 0.717) is 6.04 Å². The molecule has 100 valence electrons. The Bertz CT molecular complexity index is 413. The highest BCUT2D eigenvalue weighted by atomic mass is 16.2. The van der Waals surface area contributed by atoms with E-state index >= 15 is 0 Å². The van der Waals surface area contributed by atoms with Gasteiger partial charge >= 0.3 is 0 Å². The molecule has 1 unspecified atom stereocenters. The lowest BCUT2D eigenvalue weighted by Crippen LogP contribution is -2.42. The highest BCUT2D eigenvalue weighted by molar-refractivity contribution is 5.84. The molecule has 1 fully saturated rings. The molecular formula is C13H22N4O. The Kier molecular flexibility index (Phi) is 4.01. The fourth-order valence-corrected chi connectivity index (χ4v) is 2.39. The van der Waals surface area contributed by atoms with Gasteiger partial charge < -0.3 is 14.8 Å². The summed E-state index contributed by atoms with van der Waals surface area (Å²) in [5.41, 5.74) is 0. The number of carbonyl (C=O) groups excluding carboxylic acids is 1. The lowest BCUT2D eigenvalue weighted by molar-refractivity contribution is -0.129. The van der Waals surface area contributed by atoms with Crippen molar-refractivity contribution in [3.05, 3.63) is 18.2 Å². The summed E-state index contributed by atoms with van der Waals surface area (Å²) in [5.74, 6) is 1.26. The summed E-state index contributed by atoms with van der Waals surface area (Å²) in [6.45, 7) is 5.77. The zero-order valence-corrected chi connectivity index (χ0v) is 11.4. The average molecular weight is 250 g/mol. The molecule has 5 nitrogen and oxygen atoms in total. The Morgan fingerprint density at radius 1 is 1.56 bits per heavy atom. The monoisotopic (exact) mass is 250 g/mol. The molecule has 2 heterocycles. The molecule has 0 radical (unpaired) electrons. The summed E-state index contributed by atoms with van der Waals surface area (Å²) in [5, 5.41) is 3.31. The molecule has 0 saturated carbocycles. The topological polar surface area (TPSA) is 50.2 Å². The van der Waals surface area contributed by atoms with Gasteiger partial charge in [0.1, 0.15) is 5.82 Å². The summed E-state index contributed by atoms with van der Waals surface area (Å²) in [6.07, 6.45) is 5.47. The van der Waals surface area contributed by atoms with Gasteiger partial charge in [0.15, 0.2) is 0 Å². The third-order valence-corrected chi connectivity index (χ3v) is 3.36. The number of carbonyl (C=O) groups is 1. The van der Waals surface area contributed by atoms with Crippen molar-refractivity contribution in [2.75, 3.05) is 13.1 Å². The Morgan fingerprint density at radius 3 is 2.94 bits per heavy atom. The largest absolute Gasteiger partial charge is 0.341 e. The molecule has 1 atom stereocenters. The van der Waals surface area contributed by atoms with Crippen LogP contribution in [0.25, 0.3) is 0 Å². The molecule has 0 aliphatic carbocycles. The molecule has 2 rings (SSSR count). The van der Waals surface area contributed by atoms with Crippen molar-refractivity contribution in [3.8, 4) is 0 Å². The molecule has 18 heavy (non-hydrogen) atoms. The van der Waals surface area contributed by atoms with Crippen LogP contribution in [0.4, 0.5) is 0 Å². The molecule has 5 heteroatoms. The van der Waals surface area contributed by atoms with E-state index in [1.165, 1.54) is 0 Å². The van der Waals surface area contributed by atoms with Gasteiger partial charge in [0.05, 0.1) is 6.04 Å². The molecule has 1 aromatic rings. The van der Waals surface area contributed by atoms with Gasteiger partial charge in [-0.1, -0.05) is 13.8 Å². The standard InChI is InChI=1S/C13H22N4O/c1-10(2)15-11-4-7-17(13(11)18)8-5-12-14-6-9-16(12)3/h6,9-11,15H,4-5,7-8H2,1-3H3. The number of hydrogen-bond donors (Lipinski definition) is 1. The van der Waals surface area contributed by atoms with E-state index in [-0.39, 0.29) is 11.9 Å². The number of rotatable bonds is 5. The normalized spacial score (nSPS) is 20.1. The molecule has 0 aromatic carbocycles. The quantitative estimate of drug-likeness (QED) is 0.831. The Labute approximate surface area is 108 Å². The number of aryl methyl sites for hydroxylation is 1. The first-order valence-corrected chi connectivity index (χ1v) is 6.59. The van der Waals surface area contributed by atoms with Crippen LogP contribution in [0.1, 0.15) is 26.1 Å². The van der Waals surface area contributed by atoms with Crippen molar-refractivity contribution in [2.45, 2.75) is 38.8 Å². The number of hydrogen-bond acceptors (Lipinski definition) is 3. The number of nitrogens with zero attached hydrogens (tertiary/aromatic N) is 3. The Balaban J connectivity index is 1.85. The maximum absolute atomic E-state index is 12.1. The van der Waals surface area contributed by atoms with Crippen molar-refractivity contribution >= 4 is 5.91 Å². The molecule has 1 N–H and O–H groups in total. The van der Waals surface area contributed by atoms with Gasteiger partial charge in [-0.05, 0) is 6.42 Å². The fraction of sp³-hybridized carbons (Fsp3) is 0.692. The number of nitrogens with one attached hydrogen (secondary N) is 1. The number of likely N-dealkylation sites (tertiary alicyclic amines) is 1. The highest BCUT2D eigenvalue weighted by Gasteiger charge is 2.31. The van der Waals surface area contributed by atoms with Gasteiger partial charge in [0.25, 0.3) is 0 Å². The highest BCUT2D eigenvalue weighted by Crippen LogP contribution is 2.12. The van der Waals surface area contributed by atoms with E-state index in [9.17, 15) is 4.79 Å². The second-order valence-electron chi connectivity index (χ2n) is 5.19. The van der Waals surface area contributed by atoms with E-state index in [1.807, 2.05) is 22.7 Å². The smallest absolute Gasteiger partial charge is 0.239 e. The van der Waals surface area contributed by atoms with Crippen molar-refractivity contribution in [1.29, 1.82) is 0 Å². The van der Waals surface area contributed by atoms with E-state index in [1.54, 1.807) is 6.20 Å². The van der Waals surface area contributed by atoms with Gasteiger partial charge in [0, 0.05) is 45.0 Å². The van der Waals surface area contributed by atoms with Gasteiger partial charge in [-0.15, -0.1) is 0 Å². The van der Waals surface area contributed by atoms with Crippen LogP contribution in [-0.4, -0.2) is 45.5 Å². The SMILES string of the molecule is CC(C)NC1CCN(CCc2nccn2C)C1=O. The van der Waals surface area contributed by atoms with Crippen molar-refractivity contribution < 1.29 is 4.79 Å². The van der Waals surface area contributed by atoms with Crippen LogP contribution in [0, 0.1) is 0 Å². The first-order chi connectivity index (χ1) is 8.58. The number of aromatic nitrogens is 2. The minimum absolute atomic E-state index is 0.00590. The summed E-state index contributed by atoms with van der Waals surface area (Å²) < 4.78 is 2.00. The van der Waals surface area contributed by atoms with Crippen molar-refractivity contribution in [1.82, 2.24) is 19.8 Å². The van der Waals surface area contributed by atoms with Gasteiger partial charge in [-0.3, -0.25) is 4.79 Å². The van der Waals surface area contributed by atoms with Gasteiger partial charge in [-0.2, -0.15) is 0 Å². The minimum Gasteiger partial charge on any atom is -0.341 e. The predicted octanol–water partition coefficient (Wildman–Crippen LogP) is 0.561. The van der Waals surface area contributed by atoms with Crippen LogP contribution in [0.3, 0.4) is 0 Å². The van der Waals surface area contributed by atoms with Crippen LogP contribution < -0.4 is 5.32 Å². The zero-order valence-electron chi connectivity index (χ0n) is 11.4. The zero-order chi connectivity index (χ0) is 13.1. The Morgan fingerprint density at radius 2 is 2.33 bits per heavy atom. The van der Waals surface area contributed by atoms with E-state index in [2.05, 4.69) is 24.1 Å². The van der Waals surface area contributed by atoms with Crippen LogP contribution in [0.5, 0.6) is 0 Å². The number of imidazole rings is 1. The van der Waals surface area contributed by atoms with Crippen LogP contribution in [0.15, 0.2) is 12.4 Å². The van der Waals surface area contributed by atoms with Crippen LogP contribution in [-0.2, 0) is 18.3 Å². The summed E-state index contributed by atoms with van der Waals surface area (Å²) >= 11 is 0. The van der Waals surface area contributed by atoms with Gasteiger partial charge in [0.2, 0.25) is 5.91 Å². The molecule has 0 bridgehead atoms. The third kappa shape index (κ3) is 2.90. The van der Waals surface area contributed by atoms with Gasteiger partial charge in [-0.25, -0.2) is 4.98 Å². The summed E-state index contributed by atoms with van der Waals surface area (Å²) in [4.78, 5) is 18.3. The van der Waals surface area contributed by atoms with E-state index < -0.39 is 0 Å². The summed E-state index contributed by atoms with van der Waals surface area (Å²) in [7, 11) is 1.98. The summed E-state index contributed by atoms with van der Waals surface area (Å²) in [6, 6.07) is 0.361. The molecule has 1 amide bonds. The Hall–Kier alpha value is -1.36. The third-order valence-electron chi connectivity index (χ3n) is 3.36. The second kappa shape index (κ2) is 5.52. The minimum atomic E-state index is 0.00590. The van der Waals surface area contributed by atoms with E-state index in [4.69, 9.17) is 0 Å². The first-order valence-electron chi connectivity index (χ1n) is 6.59. The molecular weight excluding hydrogens is 228 g/mol. The predicted molar refractivity (Wildman–Crippen MR) is 70.2 cm³/mol. The first kappa shape index (κ1) is 13.1. The molecule has 1 aromatic heterocycles. The van der Waals surface area contributed by atoms with E-state index in [0.717, 1.165) is 31.8 Å². The maximum Gasteiger partial charge on any atom is 0.239 e. The lowest BCUT2D eigenvalue weighted by Gasteiger charge is -2.18. The molecule has 0 spiro atoms. The molecule has 1 aliphatic rings. The number of amides is 1. The second-order valence-corrected chi connectivity index (χ2v) is 5.19. The molecule has 1 saturated heterocycles. The maximum atomic E-state index is 12.1. The van der Waals surface area contributed by atoms with Crippen LogP contribution >= 0.6 is 0 Å². The fourth-order valence-electron chi connectivity index (χ4n) is 2.39. The molecule has 1 aliphatic heterocycles. The van der Waals surface area contributed by atoms with Crippen molar-refractivity contribution in [2.24, 2.45) is 7.05 Å². The van der Waals surface area contributed by atoms with Crippen LogP contribution in [0.2, 0.25) is 0 Å².